The standard InChI is InChI=1S/C20H18N2O4/c23-20-15(13-26-19-6-2-1-5-16(19)20)11-14-7-8-17(18(12-14)22(24)25)21-9-3-4-10-21/h1-2,5-8,11-12H,3-4,9-10,13H2/b15-11-. The van der Waals surface area contributed by atoms with Gasteiger partial charge in [-0.05, 0) is 42.7 Å². The smallest absolute Gasteiger partial charge is 0.293 e. The summed E-state index contributed by atoms with van der Waals surface area (Å²) in [7, 11) is 0. The number of nitrogens with zero attached hydrogens (tertiary/aromatic N) is 2. The topological polar surface area (TPSA) is 72.7 Å². The lowest BCUT2D eigenvalue weighted by molar-refractivity contribution is -0.384. The summed E-state index contributed by atoms with van der Waals surface area (Å²) in [5, 5.41) is 11.5. The third-order valence-corrected chi connectivity index (χ3v) is 4.79. The van der Waals surface area contributed by atoms with E-state index in [9.17, 15) is 14.9 Å². The normalized spacial score (nSPS) is 17.9. The van der Waals surface area contributed by atoms with Gasteiger partial charge in [0, 0.05) is 24.7 Å². The van der Waals surface area contributed by atoms with Gasteiger partial charge in [0.25, 0.3) is 5.69 Å². The number of fused-ring (bicyclic) bond motifs is 1. The van der Waals surface area contributed by atoms with Gasteiger partial charge in [0.05, 0.1) is 10.5 Å². The van der Waals surface area contributed by atoms with Crippen LogP contribution in [0.2, 0.25) is 0 Å². The highest BCUT2D eigenvalue weighted by atomic mass is 16.6. The van der Waals surface area contributed by atoms with Crippen LogP contribution in [0.15, 0.2) is 48.0 Å². The van der Waals surface area contributed by atoms with Crippen LogP contribution in [0.5, 0.6) is 5.75 Å². The molecule has 0 unspecified atom stereocenters. The number of anilines is 1. The summed E-state index contributed by atoms with van der Waals surface area (Å²) >= 11 is 0. The highest BCUT2D eigenvalue weighted by molar-refractivity contribution is 6.14. The molecule has 0 aliphatic carbocycles. The molecule has 26 heavy (non-hydrogen) atoms. The van der Waals surface area contributed by atoms with Gasteiger partial charge in [-0.15, -0.1) is 0 Å². The first-order valence-electron chi connectivity index (χ1n) is 8.64. The zero-order valence-electron chi connectivity index (χ0n) is 14.2. The van der Waals surface area contributed by atoms with E-state index in [4.69, 9.17) is 4.74 Å². The molecule has 1 saturated heterocycles. The molecule has 132 valence electrons. The lowest BCUT2D eigenvalue weighted by Crippen LogP contribution is -2.19. The molecule has 2 aliphatic heterocycles. The molecule has 2 aromatic carbocycles. The molecule has 6 nitrogen and oxygen atoms in total. The van der Waals surface area contributed by atoms with Crippen LogP contribution in [0.25, 0.3) is 6.08 Å². The number of hydrogen-bond acceptors (Lipinski definition) is 5. The number of nitro groups is 1. The van der Waals surface area contributed by atoms with Crippen molar-refractivity contribution in [1.82, 2.24) is 0 Å². The summed E-state index contributed by atoms with van der Waals surface area (Å²) in [6.07, 6.45) is 3.78. The summed E-state index contributed by atoms with van der Waals surface area (Å²) in [6, 6.07) is 12.2. The van der Waals surface area contributed by atoms with E-state index < -0.39 is 0 Å². The largest absolute Gasteiger partial charge is 0.488 e. The number of nitro benzene ring substituents is 1. The minimum atomic E-state index is -0.357. The average molecular weight is 350 g/mol. The predicted molar refractivity (Wildman–Crippen MR) is 98.8 cm³/mol. The molecule has 0 spiro atoms. The van der Waals surface area contributed by atoms with Crippen LogP contribution in [-0.2, 0) is 0 Å². The molecule has 0 radical (unpaired) electrons. The molecular formula is C20H18N2O4. The van der Waals surface area contributed by atoms with E-state index in [0.29, 0.717) is 28.1 Å². The van der Waals surface area contributed by atoms with Crippen molar-refractivity contribution < 1.29 is 14.5 Å². The Hall–Kier alpha value is -3.15. The minimum Gasteiger partial charge on any atom is -0.488 e. The minimum absolute atomic E-state index is 0.0748. The molecule has 2 aliphatic rings. The molecule has 6 heteroatoms. The number of carbonyl (C=O) groups is 1. The van der Waals surface area contributed by atoms with Crippen molar-refractivity contribution in [3.63, 3.8) is 0 Å². The molecule has 1 fully saturated rings. The predicted octanol–water partition coefficient (Wildman–Crippen LogP) is 3.85. The first-order chi connectivity index (χ1) is 12.6. The third-order valence-electron chi connectivity index (χ3n) is 4.79. The van der Waals surface area contributed by atoms with Gasteiger partial charge in [-0.1, -0.05) is 18.2 Å². The van der Waals surface area contributed by atoms with Crippen LogP contribution in [0, 0.1) is 10.1 Å². The van der Waals surface area contributed by atoms with Crippen molar-refractivity contribution in [2.45, 2.75) is 12.8 Å². The van der Waals surface area contributed by atoms with Gasteiger partial charge < -0.3 is 9.64 Å². The Morgan fingerprint density at radius 1 is 1.12 bits per heavy atom. The number of para-hydroxylation sites is 1. The molecule has 2 aromatic rings. The Morgan fingerprint density at radius 2 is 1.88 bits per heavy atom. The Kier molecular flexibility index (Phi) is 4.16. The molecule has 4 rings (SSSR count). The second kappa shape index (κ2) is 6.63. The number of Topliss-reactive ketones (excluding diaryl/α,β-unsaturated/α-hetero) is 1. The van der Waals surface area contributed by atoms with Crippen molar-refractivity contribution in [3.8, 4) is 5.75 Å². The Bertz CT molecular complexity index is 914. The summed E-state index contributed by atoms with van der Waals surface area (Å²) in [6.45, 7) is 1.84. The van der Waals surface area contributed by atoms with Crippen molar-refractivity contribution in [1.29, 1.82) is 0 Å². The van der Waals surface area contributed by atoms with Gasteiger partial charge in [-0.2, -0.15) is 0 Å². The Balaban J connectivity index is 1.68. The highest BCUT2D eigenvalue weighted by Gasteiger charge is 2.25. The molecule has 0 amide bonds. The molecular weight excluding hydrogens is 332 g/mol. The fourth-order valence-electron chi connectivity index (χ4n) is 3.48. The summed E-state index contributed by atoms with van der Waals surface area (Å²) < 4.78 is 5.63. The van der Waals surface area contributed by atoms with Crippen LogP contribution in [0.1, 0.15) is 28.8 Å². The van der Waals surface area contributed by atoms with E-state index in [0.717, 1.165) is 25.9 Å². The fraction of sp³-hybridized carbons (Fsp3) is 0.250. The van der Waals surface area contributed by atoms with E-state index in [-0.39, 0.29) is 23.0 Å². The van der Waals surface area contributed by atoms with Gasteiger partial charge in [0.1, 0.15) is 18.0 Å². The Morgan fingerprint density at radius 3 is 2.65 bits per heavy atom. The number of carbonyl (C=O) groups excluding carboxylic acids is 1. The third kappa shape index (κ3) is 2.94. The van der Waals surface area contributed by atoms with Gasteiger partial charge in [0.2, 0.25) is 0 Å². The van der Waals surface area contributed by atoms with Crippen molar-refractivity contribution in [2.75, 3.05) is 24.6 Å². The number of ketones is 1. The fourth-order valence-corrected chi connectivity index (χ4v) is 3.48. The summed E-state index contributed by atoms with van der Waals surface area (Å²) in [4.78, 5) is 25.8. The lowest BCUT2D eigenvalue weighted by atomic mass is 9.98. The number of benzene rings is 2. The lowest BCUT2D eigenvalue weighted by Gasteiger charge is -2.19. The van der Waals surface area contributed by atoms with Crippen molar-refractivity contribution in [2.24, 2.45) is 0 Å². The van der Waals surface area contributed by atoms with Gasteiger partial charge in [-0.3, -0.25) is 14.9 Å². The van der Waals surface area contributed by atoms with Crippen LogP contribution >= 0.6 is 0 Å². The second-order valence-corrected chi connectivity index (χ2v) is 6.48. The Labute approximate surface area is 150 Å². The molecule has 2 heterocycles. The first kappa shape index (κ1) is 16.3. The number of hydrogen-bond donors (Lipinski definition) is 0. The zero-order valence-corrected chi connectivity index (χ0v) is 14.2. The number of ether oxygens (including phenoxy) is 1. The van der Waals surface area contributed by atoms with E-state index in [2.05, 4.69) is 0 Å². The molecule has 0 atom stereocenters. The molecule has 0 saturated carbocycles. The summed E-state index contributed by atoms with van der Waals surface area (Å²) in [5.74, 6) is 0.475. The van der Waals surface area contributed by atoms with Crippen LogP contribution in [0.4, 0.5) is 11.4 Å². The van der Waals surface area contributed by atoms with Crippen LogP contribution in [-0.4, -0.2) is 30.4 Å². The molecule has 0 bridgehead atoms. The van der Waals surface area contributed by atoms with Crippen LogP contribution in [0.3, 0.4) is 0 Å². The van der Waals surface area contributed by atoms with Gasteiger partial charge in [0.15, 0.2) is 5.78 Å². The van der Waals surface area contributed by atoms with E-state index in [1.165, 1.54) is 6.07 Å². The van der Waals surface area contributed by atoms with E-state index in [1.54, 1.807) is 30.3 Å². The van der Waals surface area contributed by atoms with Gasteiger partial charge >= 0.3 is 0 Å². The first-order valence-corrected chi connectivity index (χ1v) is 8.64. The molecule has 0 N–H and O–H groups in total. The monoisotopic (exact) mass is 350 g/mol. The highest BCUT2D eigenvalue weighted by Crippen LogP contribution is 2.33. The molecule has 0 aromatic heterocycles. The maximum Gasteiger partial charge on any atom is 0.293 e. The zero-order chi connectivity index (χ0) is 18.1. The van der Waals surface area contributed by atoms with E-state index >= 15 is 0 Å². The van der Waals surface area contributed by atoms with Crippen LogP contribution < -0.4 is 9.64 Å². The van der Waals surface area contributed by atoms with Gasteiger partial charge in [-0.25, -0.2) is 0 Å². The van der Waals surface area contributed by atoms with Crippen molar-refractivity contribution in [3.05, 3.63) is 69.3 Å². The maximum atomic E-state index is 12.6. The summed E-state index contributed by atoms with van der Waals surface area (Å²) in [5.41, 5.74) is 2.36. The number of rotatable bonds is 3. The second-order valence-electron chi connectivity index (χ2n) is 6.48. The SMILES string of the molecule is O=C1/C(=C\c2ccc(N3CCCC3)c([N+](=O)[O-])c2)COc2ccccc21. The quantitative estimate of drug-likeness (QED) is 0.477. The maximum absolute atomic E-state index is 12.6. The van der Waals surface area contributed by atoms with Crippen molar-refractivity contribution >= 4 is 23.2 Å². The average Bonchev–Trinajstić information content (AvgIpc) is 3.19. The van der Waals surface area contributed by atoms with E-state index in [1.807, 2.05) is 17.0 Å².